The molecule has 2 N–H and O–H groups in total. The van der Waals surface area contributed by atoms with E-state index in [1.807, 2.05) is 6.92 Å². The Morgan fingerprint density at radius 3 is 2.15 bits per heavy atom. The number of rotatable bonds is 9. The van der Waals surface area contributed by atoms with Crippen LogP contribution in [0.25, 0.3) is 0 Å². The van der Waals surface area contributed by atoms with Gasteiger partial charge in [0.15, 0.2) is 0 Å². The molecule has 0 aliphatic heterocycles. The van der Waals surface area contributed by atoms with Crippen LogP contribution in [0.3, 0.4) is 0 Å². The molecular formula is C13H26N4O3. The molecule has 0 radical (unpaired) electrons. The monoisotopic (exact) mass is 286 g/mol. The van der Waals surface area contributed by atoms with E-state index in [1.54, 1.807) is 21.1 Å². The van der Waals surface area contributed by atoms with Gasteiger partial charge in [-0.1, -0.05) is 13.3 Å². The van der Waals surface area contributed by atoms with Gasteiger partial charge in [0, 0.05) is 20.6 Å². The van der Waals surface area contributed by atoms with Gasteiger partial charge >= 0.3 is 0 Å². The second kappa shape index (κ2) is 10.2. The van der Waals surface area contributed by atoms with Crippen molar-refractivity contribution in [2.75, 3.05) is 47.3 Å². The second-order valence-electron chi connectivity index (χ2n) is 4.73. The Kier molecular flexibility index (Phi) is 9.36. The summed E-state index contributed by atoms with van der Waals surface area (Å²) >= 11 is 0. The van der Waals surface area contributed by atoms with Crippen LogP contribution in [0.5, 0.6) is 0 Å². The highest BCUT2D eigenvalue weighted by Gasteiger charge is 2.17. The van der Waals surface area contributed by atoms with E-state index in [-0.39, 0.29) is 37.4 Å². The molecule has 0 saturated heterocycles. The van der Waals surface area contributed by atoms with E-state index in [2.05, 4.69) is 10.6 Å². The normalized spacial score (nSPS) is 10.0. The largest absolute Gasteiger partial charge is 0.355 e. The highest BCUT2D eigenvalue weighted by Crippen LogP contribution is 1.91. The molecule has 0 aliphatic carbocycles. The van der Waals surface area contributed by atoms with Crippen molar-refractivity contribution < 1.29 is 14.4 Å². The Labute approximate surface area is 120 Å². The first kappa shape index (κ1) is 18.4. The lowest BCUT2D eigenvalue weighted by atomic mass is 10.3. The van der Waals surface area contributed by atoms with Gasteiger partial charge < -0.3 is 20.4 Å². The maximum absolute atomic E-state index is 11.9. The van der Waals surface area contributed by atoms with E-state index in [9.17, 15) is 14.4 Å². The van der Waals surface area contributed by atoms with E-state index in [1.165, 1.54) is 9.80 Å². The van der Waals surface area contributed by atoms with Gasteiger partial charge in [-0.15, -0.1) is 0 Å². The van der Waals surface area contributed by atoms with Crippen LogP contribution in [-0.4, -0.2) is 74.8 Å². The molecule has 3 amide bonds. The van der Waals surface area contributed by atoms with Crippen molar-refractivity contribution in [3.8, 4) is 0 Å². The summed E-state index contributed by atoms with van der Waals surface area (Å²) in [6.07, 6.45) is 1.93. The minimum atomic E-state index is -0.261. The summed E-state index contributed by atoms with van der Waals surface area (Å²) in [7, 11) is 4.78. The van der Waals surface area contributed by atoms with Crippen molar-refractivity contribution in [2.24, 2.45) is 0 Å². The van der Waals surface area contributed by atoms with Gasteiger partial charge in [-0.05, 0) is 13.5 Å². The molecule has 0 spiro atoms. The summed E-state index contributed by atoms with van der Waals surface area (Å²) in [6.45, 7) is 2.83. The molecule has 20 heavy (non-hydrogen) atoms. The van der Waals surface area contributed by atoms with Crippen molar-refractivity contribution in [3.63, 3.8) is 0 Å². The van der Waals surface area contributed by atoms with Crippen LogP contribution < -0.4 is 10.6 Å². The lowest BCUT2D eigenvalue weighted by Gasteiger charge is -2.21. The average Bonchev–Trinajstić information content (AvgIpc) is 2.38. The van der Waals surface area contributed by atoms with Crippen molar-refractivity contribution >= 4 is 17.7 Å². The summed E-state index contributed by atoms with van der Waals surface area (Å²) in [5.41, 5.74) is 0. The molecule has 7 heteroatoms. The number of unbranched alkanes of at least 4 members (excludes halogenated alkanes) is 1. The minimum Gasteiger partial charge on any atom is -0.355 e. The number of amides is 3. The Balaban J connectivity index is 4.08. The van der Waals surface area contributed by atoms with Crippen LogP contribution in [0.15, 0.2) is 0 Å². The standard InChI is InChI=1S/C13H26N4O3/c1-5-6-7-15-11(18)9-16(3)13(20)10-17(4)12(19)8-14-2/h14H,5-10H2,1-4H3,(H,15,18). The van der Waals surface area contributed by atoms with Crippen LogP contribution in [-0.2, 0) is 14.4 Å². The maximum Gasteiger partial charge on any atom is 0.242 e. The third-order valence-corrected chi connectivity index (χ3v) is 2.79. The van der Waals surface area contributed by atoms with Crippen LogP contribution in [0, 0.1) is 0 Å². The summed E-state index contributed by atoms with van der Waals surface area (Å²) in [4.78, 5) is 37.6. The smallest absolute Gasteiger partial charge is 0.242 e. The molecular weight excluding hydrogens is 260 g/mol. The lowest BCUT2D eigenvalue weighted by Crippen LogP contribution is -2.45. The molecule has 0 aliphatic rings. The Bertz CT molecular complexity index is 334. The van der Waals surface area contributed by atoms with Crippen molar-refractivity contribution in [3.05, 3.63) is 0 Å². The van der Waals surface area contributed by atoms with Crippen LogP contribution >= 0.6 is 0 Å². The zero-order valence-corrected chi connectivity index (χ0v) is 12.9. The molecule has 0 saturated carbocycles. The van der Waals surface area contributed by atoms with Gasteiger partial charge in [0.1, 0.15) is 0 Å². The third-order valence-electron chi connectivity index (χ3n) is 2.79. The van der Waals surface area contributed by atoms with Crippen molar-refractivity contribution in [2.45, 2.75) is 19.8 Å². The molecule has 7 nitrogen and oxygen atoms in total. The first-order valence-electron chi connectivity index (χ1n) is 6.81. The molecule has 0 atom stereocenters. The van der Waals surface area contributed by atoms with Gasteiger partial charge in [-0.2, -0.15) is 0 Å². The summed E-state index contributed by atoms with van der Waals surface area (Å²) in [5, 5.41) is 5.47. The van der Waals surface area contributed by atoms with E-state index in [4.69, 9.17) is 0 Å². The second-order valence-corrected chi connectivity index (χ2v) is 4.73. The molecule has 0 aromatic heterocycles. The van der Waals surface area contributed by atoms with Gasteiger partial charge in [0.25, 0.3) is 0 Å². The number of carbonyl (C=O) groups excluding carboxylic acids is 3. The van der Waals surface area contributed by atoms with E-state index in [0.29, 0.717) is 6.54 Å². The zero-order valence-electron chi connectivity index (χ0n) is 12.9. The summed E-state index contributed by atoms with van der Waals surface area (Å²) in [6, 6.07) is 0. The molecule has 0 aromatic carbocycles. The predicted molar refractivity (Wildman–Crippen MR) is 77.1 cm³/mol. The van der Waals surface area contributed by atoms with E-state index < -0.39 is 0 Å². The average molecular weight is 286 g/mol. The minimum absolute atomic E-state index is 0.0105. The molecule has 0 rings (SSSR count). The first-order chi connectivity index (χ1) is 9.42. The van der Waals surface area contributed by atoms with Gasteiger partial charge in [0.05, 0.1) is 19.6 Å². The Morgan fingerprint density at radius 1 is 1.00 bits per heavy atom. The van der Waals surface area contributed by atoms with Gasteiger partial charge in [0.2, 0.25) is 17.7 Å². The van der Waals surface area contributed by atoms with Gasteiger partial charge in [-0.3, -0.25) is 14.4 Å². The lowest BCUT2D eigenvalue weighted by molar-refractivity contribution is -0.139. The Morgan fingerprint density at radius 2 is 1.60 bits per heavy atom. The number of nitrogens with one attached hydrogen (secondary N) is 2. The molecule has 0 aromatic rings. The number of nitrogens with zero attached hydrogens (tertiary/aromatic N) is 2. The molecule has 0 fully saturated rings. The van der Waals surface area contributed by atoms with Crippen LogP contribution in [0.1, 0.15) is 19.8 Å². The zero-order chi connectivity index (χ0) is 15.5. The van der Waals surface area contributed by atoms with Crippen LogP contribution in [0.4, 0.5) is 0 Å². The fraction of sp³-hybridized carbons (Fsp3) is 0.769. The van der Waals surface area contributed by atoms with Crippen molar-refractivity contribution in [1.29, 1.82) is 0 Å². The third kappa shape index (κ3) is 7.73. The highest BCUT2D eigenvalue weighted by atomic mass is 16.2. The van der Waals surface area contributed by atoms with Crippen molar-refractivity contribution in [1.82, 2.24) is 20.4 Å². The number of hydrogen-bond acceptors (Lipinski definition) is 4. The Hall–Kier alpha value is -1.63. The highest BCUT2D eigenvalue weighted by molar-refractivity contribution is 5.88. The molecule has 116 valence electrons. The number of carbonyl (C=O) groups is 3. The topological polar surface area (TPSA) is 81.8 Å². The summed E-state index contributed by atoms with van der Waals surface area (Å²) in [5.74, 6) is -0.609. The quantitative estimate of drug-likeness (QED) is 0.535. The van der Waals surface area contributed by atoms with Crippen LogP contribution in [0.2, 0.25) is 0 Å². The number of likely N-dealkylation sites (N-methyl/N-ethyl adjacent to an activating group) is 3. The maximum atomic E-state index is 11.9. The molecule has 0 heterocycles. The van der Waals surface area contributed by atoms with E-state index in [0.717, 1.165) is 12.8 Å². The fourth-order valence-electron chi connectivity index (χ4n) is 1.46. The predicted octanol–water partition coefficient (Wildman–Crippen LogP) is -0.961. The summed E-state index contributed by atoms with van der Waals surface area (Å²) < 4.78 is 0. The molecule has 0 unspecified atom stereocenters. The van der Waals surface area contributed by atoms with E-state index >= 15 is 0 Å². The fourth-order valence-corrected chi connectivity index (χ4v) is 1.46. The first-order valence-corrected chi connectivity index (χ1v) is 6.81. The number of hydrogen-bond donors (Lipinski definition) is 2. The SMILES string of the molecule is CCCCNC(=O)CN(C)C(=O)CN(C)C(=O)CNC. The molecule has 0 bridgehead atoms. The van der Waals surface area contributed by atoms with Gasteiger partial charge in [-0.25, -0.2) is 0 Å².